The number of halogens is 3. The molecule has 0 spiro atoms. The Labute approximate surface area is 130 Å². The average molecular weight is 331 g/mol. The number of aliphatic carboxylic acids is 1. The molecule has 1 aliphatic rings. The van der Waals surface area contributed by atoms with Gasteiger partial charge < -0.3 is 15.2 Å². The number of benzene rings is 1. The molecule has 0 aromatic heterocycles. The number of nitrogens with one attached hydrogen (secondary N) is 1. The van der Waals surface area contributed by atoms with Crippen molar-refractivity contribution in [2.75, 3.05) is 11.9 Å². The number of hydrogen-bond acceptors (Lipinski definition) is 3. The van der Waals surface area contributed by atoms with Crippen LogP contribution in [0, 0.1) is 18.8 Å². The molecule has 1 fully saturated rings. The standard InChI is InChI=1S/C15H16F3NO4/c1-8-6-9(2-5-12(8)23-7-15(16,17)18)19-13(20)10-3-4-11(10)14(21)22/h2,5-6,10-11H,3-4,7H2,1H3,(H,19,20)(H,21,22). The van der Waals surface area contributed by atoms with E-state index in [0.29, 0.717) is 24.1 Å². The molecule has 1 aromatic rings. The summed E-state index contributed by atoms with van der Waals surface area (Å²) in [6, 6.07) is 4.25. The first-order chi connectivity index (χ1) is 10.7. The van der Waals surface area contributed by atoms with Crippen LogP contribution in [0.2, 0.25) is 0 Å². The van der Waals surface area contributed by atoms with Crippen LogP contribution in [-0.4, -0.2) is 29.8 Å². The highest BCUT2D eigenvalue weighted by Crippen LogP contribution is 2.35. The fraction of sp³-hybridized carbons (Fsp3) is 0.467. The van der Waals surface area contributed by atoms with E-state index in [1.807, 2.05) is 0 Å². The van der Waals surface area contributed by atoms with E-state index in [0.717, 1.165) is 0 Å². The molecule has 0 radical (unpaired) electrons. The van der Waals surface area contributed by atoms with E-state index in [-0.39, 0.29) is 5.75 Å². The van der Waals surface area contributed by atoms with Gasteiger partial charge in [0.25, 0.3) is 0 Å². The number of hydrogen-bond donors (Lipinski definition) is 2. The number of amides is 1. The molecule has 0 saturated heterocycles. The van der Waals surface area contributed by atoms with E-state index in [1.165, 1.54) is 18.2 Å². The summed E-state index contributed by atoms with van der Waals surface area (Å²) in [6.45, 7) is 0.173. The van der Waals surface area contributed by atoms with E-state index >= 15 is 0 Å². The van der Waals surface area contributed by atoms with Gasteiger partial charge in [0.05, 0.1) is 11.8 Å². The summed E-state index contributed by atoms with van der Waals surface area (Å²) in [6.07, 6.45) is -3.44. The number of rotatable bonds is 5. The largest absolute Gasteiger partial charge is 0.484 e. The highest BCUT2D eigenvalue weighted by Gasteiger charge is 2.41. The first-order valence-corrected chi connectivity index (χ1v) is 7.01. The lowest BCUT2D eigenvalue weighted by Crippen LogP contribution is -2.41. The van der Waals surface area contributed by atoms with Gasteiger partial charge in [0, 0.05) is 5.69 Å². The molecule has 0 bridgehead atoms. The van der Waals surface area contributed by atoms with Crippen LogP contribution in [-0.2, 0) is 9.59 Å². The van der Waals surface area contributed by atoms with Crippen LogP contribution < -0.4 is 10.1 Å². The third kappa shape index (κ3) is 4.37. The van der Waals surface area contributed by atoms with Gasteiger partial charge >= 0.3 is 12.1 Å². The first-order valence-electron chi connectivity index (χ1n) is 7.01. The summed E-state index contributed by atoms with van der Waals surface area (Å²) < 4.78 is 41.1. The zero-order valence-electron chi connectivity index (χ0n) is 12.3. The Morgan fingerprint density at radius 2 is 1.96 bits per heavy atom. The summed E-state index contributed by atoms with van der Waals surface area (Å²) in [4.78, 5) is 22.9. The predicted octanol–water partition coefficient (Wildman–Crippen LogP) is 2.99. The molecule has 2 rings (SSSR count). The van der Waals surface area contributed by atoms with Gasteiger partial charge in [-0.15, -0.1) is 0 Å². The van der Waals surface area contributed by atoms with Gasteiger partial charge in [-0.25, -0.2) is 0 Å². The van der Waals surface area contributed by atoms with Crippen molar-refractivity contribution in [3.8, 4) is 5.75 Å². The number of ether oxygens (including phenoxy) is 1. The van der Waals surface area contributed by atoms with Crippen LogP contribution in [0.25, 0.3) is 0 Å². The van der Waals surface area contributed by atoms with Crippen LogP contribution in [0.3, 0.4) is 0 Å². The van der Waals surface area contributed by atoms with Gasteiger partial charge in [-0.05, 0) is 43.5 Å². The molecule has 1 amide bonds. The minimum Gasteiger partial charge on any atom is -0.484 e. The summed E-state index contributed by atoms with van der Waals surface area (Å²) in [5.41, 5.74) is 0.832. The van der Waals surface area contributed by atoms with E-state index in [2.05, 4.69) is 10.1 Å². The van der Waals surface area contributed by atoms with Crippen LogP contribution in [0.15, 0.2) is 18.2 Å². The van der Waals surface area contributed by atoms with Crippen LogP contribution in [0.4, 0.5) is 18.9 Å². The number of anilines is 1. The molecular weight excluding hydrogens is 315 g/mol. The quantitative estimate of drug-likeness (QED) is 0.870. The van der Waals surface area contributed by atoms with Gasteiger partial charge in [0.15, 0.2) is 6.61 Å². The van der Waals surface area contributed by atoms with E-state index in [9.17, 15) is 22.8 Å². The molecular formula is C15H16F3NO4. The maximum atomic E-state index is 12.1. The van der Waals surface area contributed by atoms with Gasteiger partial charge in [-0.1, -0.05) is 0 Å². The lowest BCUT2D eigenvalue weighted by atomic mass is 9.73. The van der Waals surface area contributed by atoms with Crippen LogP contribution in [0.5, 0.6) is 5.75 Å². The first kappa shape index (κ1) is 17.1. The van der Waals surface area contributed by atoms with Crippen molar-refractivity contribution < 1.29 is 32.6 Å². The molecule has 1 aliphatic carbocycles. The topological polar surface area (TPSA) is 75.6 Å². The summed E-state index contributed by atoms with van der Waals surface area (Å²) in [7, 11) is 0. The minimum atomic E-state index is -4.42. The lowest BCUT2D eigenvalue weighted by molar-refractivity contribution is -0.153. The zero-order chi connectivity index (χ0) is 17.2. The van der Waals surface area contributed by atoms with E-state index in [4.69, 9.17) is 5.11 Å². The van der Waals surface area contributed by atoms with Crippen molar-refractivity contribution in [1.29, 1.82) is 0 Å². The molecule has 2 atom stereocenters. The number of aryl methyl sites for hydroxylation is 1. The van der Waals surface area contributed by atoms with E-state index < -0.39 is 36.5 Å². The van der Waals surface area contributed by atoms with Crippen molar-refractivity contribution in [1.82, 2.24) is 0 Å². The smallest absolute Gasteiger partial charge is 0.422 e. The zero-order valence-corrected chi connectivity index (χ0v) is 12.3. The number of carboxylic acids is 1. The number of carboxylic acid groups (broad SMARTS) is 1. The normalized spacial score (nSPS) is 20.5. The SMILES string of the molecule is Cc1cc(NC(=O)C2CCC2C(=O)O)ccc1OCC(F)(F)F. The average Bonchev–Trinajstić information content (AvgIpc) is 2.34. The fourth-order valence-corrected chi connectivity index (χ4v) is 2.39. The Bertz CT molecular complexity index is 615. The van der Waals surface area contributed by atoms with Crippen molar-refractivity contribution >= 4 is 17.6 Å². The third-order valence-corrected chi connectivity index (χ3v) is 3.76. The molecule has 1 saturated carbocycles. The number of alkyl halides is 3. The second-order valence-electron chi connectivity index (χ2n) is 5.50. The molecule has 8 heteroatoms. The summed E-state index contributed by atoms with van der Waals surface area (Å²) >= 11 is 0. The fourth-order valence-electron chi connectivity index (χ4n) is 2.39. The van der Waals surface area contributed by atoms with Crippen LogP contribution >= 0.6 is 0 Å². The Morgan fingerprint density at radius 3 is 2.43 bits per heavy atom. The predicted molar refractivity (Wildman–Crippen MR) is 75.2 cm³/mol. The Balaban J connectivity index is 1.98. The maximum absolute atomic E-state index is 12.1. The van der Waals surface area contributed by atoms with Gasteiger partial charge in [0.2, 0.25) is 5.91 Å². The molecule has 126 valence electrons. The molecule has 23 heavy (non-hydrogen) atoms. The minimum absolute atomic E-state index is 0.0763. The molecule has 2 N–H and O–H groups in total. The molecule has 1 aromatic carbocycles. The number of carbonyl (C=O) groups excluding carboxylic acids is 1. The Hall–Kier alpha value is -2.25. The third-order valence-electron chi connectivity index (χ3n) is 3.76. The Kier molecular flexibility index (Phi) is 4.82. The van der Waals surface area contributed by atoms with Crippen molar-refractivity contribution in [3.05, 3.63) is 23.8 Å². The molecule has 0 aliphatic heterocycles. The highest BCUT2D eigenvalue weighted by molar-refractivity contribution is 5.96. The molecule has 0 heterocycles. The monoisotopic (exact) mass is 331 g/mol. The molecule has 5 nitrogen and oxygen atoms in total. The van der Waals surface area contributed by atoms with Crippen LogP contribution in [0.1, 0.15) is 18.4 Å². The van der Waals surface area contributed by atoms with E-state index in [1.54, 1.807) is 6.92 Å². The molecule has 2 unspecified atom stereocenters. The van der Waals surface area contributed by atoms with Gasteiger partial charge in [0.1, 0.15) is 5.75 Å². The Morgan fingerprint density at radius 1 is 1.30 bits per heavy atom. The summed E-state index contributed by atoms with van der Waals surface area (Å²) in [5.74, 6) is -2.57. The van der Waals surface area contributed by atoms with Crippen molar-refractivity contribution in [2.24, 2.45) is 11.8 Å². The summed E-state index contributed by atoms with van der Waals surface area (Å²) in [5, 5.41) is 11.5. The maximum Gasteiger partial charge on any atom is 0.422 e. The second kappa shape index (κ2) is 6.47. The lowest BCUT2D eigenvalue weighted by Gasteiger charge is -2.31. The highest BCUT2D eigenvalue weighted by atomic mass is 19.4. The van der Waals surface area contributed by atoms with Crippen molar-refractivity contribution in [3.63, 3.8) is 0 Å². The number of carbonyl (C=O) groups is 2. The van der Waals surface area contributed by atoms with Gasteiger partial charge in [-0.3, -0.25) is 9.59 Å². The van der Waals surface area contributed by atoms with Crippen molar-refractivity contribution in [2.45, 2.75) is 25.9 Å². The van der Waals surface area contributed by atoms with Gasteiger partial charge in [-0.2, -0.15) is 13.2 Å². The second-order valence-corrected chi connectivity index (χ2v) is 5.50.